The minimum atomic E-state index is -0.784. The van der Waals surface area contributed by atoms with Crippen molar-refractivity contribution >= 4 is 17.9 Å². The molecule has 0 aromatic heterocycles. The highest BCUT2D eigenvalue weighted by molar-refractivity contribution is 5.71. The maximum Gasteiger partial charge on any atom is 0.306 e. The van der Waals surface area contributed by atoms with Gasteiger partial charge in [-0.3, -0.25) is 14.4 Å². The summed E-state index contributed by atoms with van der Waals surface area (Å²) < 4.78 is 16.7. The van der Waals surface area contributed by atoms with Gasteiger partial charge in [0.05, 0.1) is 0 Å². The van der Waals surface area contributed by atoms with Crippen LogP contribution < -0.4 is 0 Å². The van der Waals surface area contributed by atoms with E-state index in [-0.39, 0.29) is 31.1 Å². The Bertz CT molecular complexity index is 1040. The van der Waals surface area contributed by atoms with Crippen molar-refractivity contribution in [3.8, 4) is 0 Å². The second-order valence-corrected chi connectivity index (χ2v) is 16.7. The van der Waals surface area contributed by atoms with Gasteiger partial charge < -0.3 is 14.2 Å². The molecule has 0 saturated heterocycles. The number of unbranched alkanes of at least 4 members (excludes halogenated alkanes) is 26. The van der Waals surface area contributed by atoms with Gasteiger partial charge in [-0.25, -0.2) is 0 Å². The number of rotatable bonds is 45. The van der Waals surface area contributed by atoms with E-state index in [1.807, 2.05) is 0 Å². The van der Waals surface area contributed by atoms with Crippen LogP contribution in [-0.2, 0) is 28.6 Å². The predicted octanol–water partition coefficient (Wildman–Crippen LogP) is 16.3. The molecule has 342 valence electrons. The number of ether oxygens (including phenoxy) is 3. The Morgan fingerprint density at radius 1 is 0.356 bits per heavy atom. The Morgan fingerprint density at radius 2 is 0.661 bits per heavy atom. The highest BCUT2D eigenvalue weighted by atomic mass is 16.6. The lowest BCUT2D eigenvalue weighted by Crippen LogP contribution is -2.30. The summed E-state index contributed by atoms with van der Waals surface area (Å²) in [5.74, 6) is -0.918. The zero-order valence-corrected chi connectivity index (χ0v) is 39.0. The maximum atomic E-state index is 12.8. The summed E-state index contributed by atoms with van der Waals surface area (Å²) in [7, 11) is 0. The molecule has 0 aromatic rings. The summed E-state index contributed by atoms with van der Waals surface area (Å²) in [5.41, 5.74) is 0. The molecule has 0 aliphatic rings. The van der Waals surface area contributed by atoms with Gasteiger partial charge in [-0.15, -0.1) is 0 Å². The van der Waals surface area contributed by atoms with Crippen molar-refractivity contribution < 1.29 is 28.6 Å². The van der Waals surface area contributed by atoms with E-state index in [4.69, 9.17) is 14.2 Å². The summed E-state index contributed by atoms with van der Waals surface area (Å²) in [4.78, 5) is 37.9. The predicted molar refractivity (Wildman–Crippen MR) is 252 cm³/mol. The highest BCUT2D eigenvalue weighted by Gasteiger charge is 2.19. The monoisotopic (exact) mass is 827 g/mol. The van der Waals surface area contributed by atoms with Crippen molar-refractivity contribution in [2.24, 2.45) is 0 Å². The Kier molecular flexibility index (Phi) is 45.9. The van der Waals surface area contributed by atoms with Crippen LogP contribution in [0.2, 0.25) is 0 Å². The number of carbonyl (C=O) groups is 3. The fraction of sp³-hybridized carbons (Fsp3) is 0.792. The fourth-order valence-corrected chi connectivity index (χ4v) is 7.08. The number of hydrogen-bond donors (Lipinski definition) is 0. The summed E-state index contributed by atoms with van der Waals surface area (Å²) in [6, 6.07) is 0. The third-order valence-corrected chi connectivity index (χ3v) is 10.8. The zero-order valence-electron chi connectivity index (χ0n) is 39.0. The molecular weight excluding hydrogens is 733 g/mol. The molecule has 0 fully saturated rings. The first-order chi connectivity index (χ1) is 29.0. The third kappa shape index (κ3) is 46.3. The molecule has 0 heterocycles. The van der Waals surface area contributed by atoms with Crippen molar-refractivity contribution in [1.29, 1.82) is 0 Å². The van der Waals surface area contributed by atoms with E-state index in [9.17, 15) is 14.4 Å². The van der Waals surface area contributed by atoms with Crippen LogP contribution in [0, 0.1) is 0 Å². The van der Waals surface area contributed by atoms with E-state index in [1.54, 1.807) is 0 Å². The van der Waals surface area contributed by atoms with Crippen LogP contribution in [-0.4, -0.2) is 37.2 Å². The molecule has 0 aliphatic carbocycles. The van der Waals surface area contributed by atoms with Crippen LogP contribution >= 0.6 is 0 Å². The second kappa shape index (κ2) is 48.0. The molecule has 0 bridgehead atoms. The quantitative estimate of drug-likeness (QED) is 0.0263. The first-order valence-corrected chi connectivity index (χ1v) is 25.1. The Labute approximate surface area is 365 Å². The van der Waals surface area contributed by atoms with Crippen LogP contribution in [0.1, 0.15) is 252 Å². The Morgan fingerprint density at radius 3 is 1.03 bits per heavy atom. The molecule has 0 spiro atoms. The van der Waals surface area contributed by atoms with Crippen molar-refractivity contribution in [2.45, 2.75) is 258 Å². The summed E-state index contributed by atoms with van der Waals surface area (Å²) in [6.07, 6.45) is 56.6. The number of carbonyl (C=O) groups excluding carboxylic acids is 3. The SMILES string of the molecule is CC/C=C\C/C=C\C/C=C\C/C=C\CCCCC(=O)OCC(COC(=O)CCCCCCCCCCCCCC)OC(=O)CCCCCCCCCCCCCCCC. The number of esters is 3. The van der Waals surface area contributed by atoms with Crippen molar-refractivity contribution in [1.82, 2.24) is 0 Å². The molecule has 0 aromatic carbocycles. The molecule has 6 heteroatoms. The molecule has 0 N–H and O–H groups in total. The van der Waals surface area contributed by atoms with Crippen molar-refractivity contribution in [3.05, 3.63) is 48.6 Å². The zero-order chi connectivity index (χ0) is 43.0. The van der Waals surface area contributed by atoms with Gasteiger partial charge in [0.15, 0.2) is 6.10 Å². The van der Waals surface area contributed by atoms with Gasteiger partial charge in [0.1, 0.15) is 13.2 Å². The summed E-state index contributed by atoms with van der Waals surface area (Å²) in [6.45, 7) is 6.50. The summed E-state index contributed by atoms with van der Waals surface area (Å²) >= 11 is 0. The molecule has 0 aliphatic heterocycles. The lowest BCUT2D eigenvalue weighted by molar-refractivity contribution is -0.167. The summed E-state index contributed by atoms with van der Waals surface area (Å²) in [5, 5.41) is 0. The van der Waals surface area contributed by atoms with Gasteiger partial charge in [0, 0.05) is 19.3 Å². The normalized spacial score (nSPS) is 12.4. The standard InChI is InChI=1S/C53H94O6/c1-4-7-10-13-16-19-22-25-27-29-31-34-37-40-43-46-52(55)58-49-50(48-57-51(54)45-42-39-36-33-30-24-21-18-15-12-9-6-3)59-53(56)47-44-41-38-35-32-28-26-23-20-17-14-11-8-5-2/h7,10,16,19,25,27,31,34,50H,4-6,8-9,11-15,17-18,20-24,26,28-30,32-33,35-49H2,1-3H3/b10-7-,19-16-,27-25-,34-31-. The lowest BCUT2D eigenvalue weighted by atomic mass is 10.0. The molecule has 59 heavy (non-hydrogen) atoms. The first-order valence-electron chi connectivity index (χ1n) is 25.1. The number of hydrogen-bond acceptors (Lipinski definition) is 6. The van der Waals surface area contributed by atoms with Gasteiger partial charge in [0.2, 0.25) is 0 Å². The van der Waals surface area contributed by atoms with Crippen LogP contribution in [0.4, 0.5) is 0 Å². The number of allylic oxidation sites excluding steroid dienone is 8. The molecule has 0 rings (SSSR count). The minimum absolute atomic E-state index is 0.0827. The molecule has 0 amide bonds. The Balaban J connectivity index is 4.42. The smallest absolute Gasteiger partial charge is 0.306 e. The van der Waals surface area contributed by atoms with E-state index in [0.29, 0.717) is 19.3 Å². The Hall–Kier alpha value is -2.63. The van der Waals surface area contributed by atoms with Gasteiger partial charge >= 0.3 is 17.9 Å². The van der Waals surface area contributed by atoms with Crippen LogP contribution in [0.5, 0.6) is 0 Å². The minimum Gasteiger partial charge on any atom is -0.462 e. The molecule has 1 unspecified atom stereocenters. The van der Waals surface area contributed by atoms with E-state index < -0.39 is 6.10 Å². The van der Waals surface area contributed by atoms with E-state index in [1.165, 1.54) is 128 Å². The molecule has 1 atom stereocenters. The van der Waals surface area contributed by atoms with Gasteiger partial charge in [0.25, 0.3) is 0 Å². The van der Waals surface area contributed by atoms with E-state index in [0.717, 1.165) is 83.5 Å². The van der Waals surface area contributed by atoms with E-state index in [2.05, 4.69) is 69.4 Å². The van der Waals surface area contributed by atoms with E-state index >= 15 is 0 Å². The average Bonchev–Trinajstić information content (AvgIpc) is 3.23. The van der Waals surface area contributed by atoms with Crippen LogP contribution in [0.25, 0.3) is 0 Å². The highest BCUT2D eigenvalue weighted by Crippen LogP contribution is 2.15. The lowest BCUT2D eigenvalue weighted by Gasteiger charge is -2.18. The molecule has 0 saturated carbocycles. The molecule has 6 nitrogen and oxygen atoms in total. The molecule has 0 radical (unpaired) electrons. The van der Waals surface area contributed by atoms with Crippen molar-refractivity contribution in [2.75, 3.05) is 13.2 Å². The third-order valence-electron chi connectivity index (χ3n) is 10.8. The van der Waals surface area contributed by atoms with Crippen molar-refractivity contribution in [3.63, 3.8) is 0 Å². The van der Waals surface area contributed by atoms with Crippen LogP contribution in [0.15, 0.2) is 48.6 Å². The van der Waals surface area contributed by atoms with Crippen LogP contribution in [0.3, 0.4) is 0 Å². The van der Waals surface area contributed by atoms with Gasteiger partial charge in [-0.1, -0.05) is 223 Å². The topological polar surface area (TPSA) is 78.9 Å². The first kappa shape index (κ1) is 56.4. The largest absolute Gasteiger partial charge is 0.462 e. The second-order valence-electron chi connectivity index (χ2n) is 16.7. The average molecular weight is 827 g/mol. The van der Waals surface area contributed by atoms with Gasteiger partial charge in [-0.2, -0.15) is 0 Å². The maximum absolute atomic E-state index is 12.8. The van der Waals surface area contributed by atoms with Gasteiger partial charge in [-0.05, 0) is 57.8 Å². The molecular formula is C53H94O6. The fourth-order valence-electron chi connectivity index (χ4n) is 7.08.